The maximum absolute atomic E-state index is 13.2. The van der Waals surface area contributed by atoms with E-state index in [-0.39, 0.29) is 5.91 Å². The zero-order chi connectivity index (χ0) is 23.8. The SMILES string of the molecule is O=C(Cc1ccccc1)N(Cc1cc(-c2ccc3ncnc(NC4CC4)c3c2)ccc1Cl)C1CC1. The number of nitrogens with zero attached hydrogens (tertiary/aromatic N) is 3. The Kier molecular flexibility index (Phi) is 5.86. The molecule has 0 unspecified atom stereocenters. The third-order valence-corrected chi connectivity index (χ3v) is 7.15. The average molecular weight is 483 g/mol. The molecule has 2 aliphatic carbocycles. The van der Waals surface area contributed by atoms with Crippen molar-refractivity contribution in [3.05, 3.63) is 89.2 Å². The fourth-order valence-corrected chi connectivity index (χ4v) is 4.69. The van der Waals surface area contributed by atoms with E-state index in [2.05, 4.69) is 33.5 Å². The van der Waals surface area contributed by atoms with Crippen molar-refractivity contribution in [1.29, 1.82) is 0 Å². The maximum atomic E-state index is 13.2. The van der Waals surface area contributed by atoms with Gasteiger partial charge in [-0.25, -0.2) is 9.97 Å². The number of hydrogen-bond acceptors (Lipinski definition) is 4. The highest BCUT2D eigenvalue weighted by Crippen LogP contribution is 2.34. The van der Waals surface area contributed by atoms with Crippen molar-refractivity contribution in [3.8, 4) is 11.1 Å². The van der Waals surface area contributed by atoms with Crippen molar-refractivity contribution in [2.45, 2.75) is 50.7 Å². The first-order valence-corrected chi connectivity index (χ1v) is 12.7. The molecule has 0 saturated heterocycles. The maximum Gasteiger partial charge on any atom is 0.227 e. The molecule has 0 radical (unpaired) electrons. The molecule has 1 aromatic heterocycles. The van der Waals surface area contributed by atoms with E-state index in [1.54, 1.807) is 6.33 Å². The van der Waals surface area contributed by atoms with Crippen LogP contribution in [0.3, 0.4) is 0 Å². The third kappa shape index (κ3) is 5.01. The lowest BCUT2D eigenvalue weighted by molar-refractivity contribution is -0.131. The molecular formula is C29H27ClN4O. The van der Waals surface area contributed by atoms with Crippen LogP contribution in [0.1, 0.15) is 36.8 Å². The Hall–Kier alpha value is -3.44. The lowest BCUT2D eigenvalue weighted by atomic mass is 10.0. The molecule has 0 atom stereocenters. The molecule has 0 aliphatic heterocycles. The number of hydrogen-bond donors (Lipinski definition) is 1. The molecule has 1 heterocycles. The Labute approximate surface area is 210 Å². The third-order valence-electron chi connectivity index (χ3n) is 6.78. The van der Waals surface area contributed by atoms with Gasteiger partial charge in [0.05, 0.1) is 11.9 Å². The highest BCUT2D eigenvalue weighted by Gasteiger charge is 2.32. The predicted molar refractivity (Wildman–Crippen MR) is 140 cm³/mol. The molecule has 6 rings (SSSR count). The first-order valence-electron chi connectivity index (χ1n) is 12.3. The number of benzene rings is 3. The number of halogens is 1. The largest absolute Gasteiger partial charge is 0.367 e. The summed E-state index contributed by atoms with van der Waals surface area (Å²) in [5.41, 5.74) is 5.08. The molecule has 1 amide bonds. The number of anilines is 1. The molecule has 3 aromatic carbocycles. The van der Waals surface area contributed by atoms with Crippen LogP contribution >= 0.6 is 11.6 Å². The Bertz CT molecular complexity index is 1380. The number of aromatic nitrogens is 2. The van der Waals surface area contributed by atoms with Crippen molar-refractivity contribution in [1.82, 2.24) is 14.9 Å². The van der Waals surface area contributed by atoms with Gasteiger partial charge in [-0.05, 0) is 72.2 Å². The van der Waals surface area contributed by atoms with Crippen molar-refractivity contribution in [2.24, 2.45) is 0 Å². The van der Waals surface area contributed by atoms with Crippen LogP contribution in [-0.4, -0.2) is 32.9 Å². The van der Waals surface area contributed by atoms with Gasteiger partial charge in [-0.2, -0.15) is 0 Å². The van der Waals surface area contributed by atoms with Crippen LogP contribution in [0.5, 0.6) is 0 Å². The quantitative estimate of drug-likeness (QED) is 0.322. The molecule has 176 valence electrons. The number of rotatable bonds is 8. The van der Waals surface area contributed by atoms with Crippen molar-refractivity contribution in [3.63, 3.8) is 0 Å². The molecule has 35 heavy (non-hydrogen) atoms. The van der Waals surface area contributed by atoms with Crippen molar-refractivity contribution < 1.29 is 4.79 Å². The second-order valence-electron chi connectivity index (χ2n) is 9.59. The highest BCUT2D eigenvalue weighted by molar-refractivity contribution is 6.31. The molecule has 4 aromatic rings. The molecule has 2 saturated carbocycles. The number of fused-ring (bicyclic) bond motifs is 1. The molecule has 2 aliphatic rings. The van der Waals surface area contributed by atoms with Crippen LogP contribution < -0.4 is 5.32 Å². The van der Waals surface area contributed by atoms with E-state index >= 15 is 0 Å². The minimum Gasteiger partial charge on any atom is -0.367 e. The first-order chi connectivity index (χ1) is 17.1. The summed E-state index contributed by atoms with van der Waals surface area (Å²) in [6.07, 6.45) is 6.51. The van der Waals surface area contributed by atoms with Gasteiger partial charge in [0.2, 0.25) is 5.91 Å². The van der Waals surface area contributed by atoms with E-state index in [0.29, 0.717) is 30.1 Å². The summed E-state index contributed by atoms with van der Waals surface area (Å²) < 4.78 is 0. The van der Waals surface area contributed by atoms with E-state index in [0.717, 1.165) is 51.8 Å². The first kappa shape index (κ1) is 22.1. The predicted octanol–water partition coefficient (Wildman–Crippen LogP) is 6.26. The minimum absolute atomic E-state index is 0.152. The van der Waals surface area contributed by atoms with Gasteiger partial charge >= 0.3 is 0 Å². The summed E-state index contributed by atoms with van der Waals surface area (Å²) in [6, 6.07) is 23.1. The second-order valence-corrected chi connectivity index (χ2v) is 10.0. The van der Waals surface area contributed by atoms with Gasteiger partial charge in [-0.3, -0.25) is 4.79 Å². The summed E-state index contributed by atoms with van der Waals surface area (Å²) in [4.78, 5) is 24.1. The number of carbonyl (C=O) groups is 1. The molecule has 6 heteroatoms. The van der Waals surface area contributed by atoms with Crippen LogP contribution in [0.2, 0.25) is 5.02 Å². The van der Waals surface area contributed by atoms with E-state index < -0.39 is 0 Å². The van der Waals surface area contributed by atoms with E-state index in [1.807, 2.05) is 53.4 Å². The van der Waals surface area contributed by atoms with Crippen LogP contribution in [0.4, 0.5) is 5.82 Å². The van der Waals surface area contributed by atoms with E-state index in [1.165, 1.54) is 12.8 Å². The number of nitrogens with one attached hydrogen (secondary N) is 1. The van der Waals surface area contributed by atoms with Crippen LogP contribution in [0.25, 0.3) is 22.0 Å². The standard InChI is InChI=1S/C29H27ClN4O/c30-26-12-6-20(21-7-13-27-25(16-21)29(32-18-31-27)33-23-8-9-23)15-22(26)17-34(24-10-11-24)28(35)14-19-4-2-1-3-5-19/h1-7,12-13,15-16,18,23-24H,8-11,14,17H2,(H,31,32,33). The molecule has 0 spiro atoms. The van der Waals surface area contributed by atoms with Crippen molar-refractivity contribution in [2.75, 3.05) is 5.32 Å². The molecule has 5 nitrogen and oxygen atoms in total. The monoisotopic (exact) mass is 482 g/mol. The molecule has 1 N–H and O–H groups in total. The smallest absolute Gasteiger partial charge is 0.227 e. The summed E-state index contributed by atoms with van der Waals surface area (Å²) in [6.45, 7) is 0.522. The van der Waals surface area contributed by atoms with E-state index in [4.69, 9.17) is 11.6 Å². The zero-order valence-corrected chi connectivity index (χ0v) is 20.2. The minimum atomic E-state index is 0.152. The van der Waals surface area contributed by atoms with Gasteiger partial charge in [0, 0.05) is 29.0 Å². The summed E-state index contributed by atoms with van der Waals surface area (Å²) in [5.74, 6) is 1.04. The lowest BCUT2D eigenvalue weighted by Gasteiger charge is -2.24. The van der Waals surface area contributed by atoms with Gasteiger partial charge in [0.15, 0.2) is 0 Å². The van der Waals surface area contributed by atoms with Gasteiger partial charge in [-0.1, -0.05) is 54.1 Å². The van der Waals surface area contributed by atoms with Crippen LogP contribution in [0.15, 0.2) is 73.1 Å². The van der Waals surface area contributed by atoms with Crippen molar-refractivity contribution >= 4 is 34.2 Å². The summed E-state index contributed by atoms with van der Waals surface area (Å²) in [7, 11) is 0. The Morgan fingerprint density at radius 1 is 0.943 bits per heavy atom. The van der Waals surface area contributed by atoms with Gasteiger partial charge in [0.25, 0.3) is 0 Å². The number of amides is 1. The van der Waals surface area contributed by atoms with Gasteiger partial charge in [0.1, 0.15) is 12.1 Å². The topological polar surface area (TPSA) is 58.1 Å². The molecule has 2 fully saturated rings. The second kappa shape index (κ2) is 9.31. The fourth-order valence-electron chi connectivity index (χ4n) is 4.51. The summed E-state index contributed by atoms with van der Waals surface area (Å²) >= 11 is 6.63. The summed E-state index contributed by atoms with van der Waals surface area (Å²) in [5, 5.41) is 5.23. The van der Waals surface area contributed by atoms with Gasteiger partial charge < -0.3 is 10.2 Å². The molecular weight excluding hydrogens is 456 g/mol. The highest BCUT2D eigenvalue weighted by atomic mass is 35.5. The Morgan fingerprint density at radius 3 is 2.49 bits per heavy atom. The van der Waals surface area contributed by atoms with Gasteiger partial charge in [-0.15, -0.1) is 0 Å². The lowest BCUT2D eigenvalue weighted by Crippen LogP contribution is -2.33. The average Bonchev–Trinajstić information content (AvgIpc) is 3.80. The molecule has 0 bridgehead atoms. The van der Waals surface area contributed by atoms with Crippen LogP contribution in [-0.2, 0) is 17.8 Å². The Morgan fingerprint density at radius 2 is 1.71 bits per heavy atom. The normalized spacial score (nSPS) is 15.2. The van der Waals surface area contributed by atoms with Crippen LogP contribution in [0, 0.1) is 0 Å². The Balaban J connectivity index is 1.28. The zero-order valence-electron chi connectivity index (χ0n) is 19.5. The van der Waals surface area contributed by atoms with E-state index in [9.17, 15) is 4.79 Å². The number of carbonyl (C=O) groups excluding carboxylic acids is 1. The fraction of sp³-hybridized carbons (Fsp3) is 0.276.